The summed E-state index contributed by atoms with van der Waals surface area (Å²) in [6, 6.07) is 1.71. The molecule has 24 nitrogen and oxygen atoms in total. The van der Waals surface area contributed by atoms with Crippen LogP contribution in [0.5, 0.6) is 0 Å². The first-order valence-corrected chi connectivity index (χ1v) is 19.9. The summed E-state index contributed by atoms with van der Waals surface area (Å²) in [6.45, 7) is 1.19. The molecule has 0 spiro atoms. The van der Waals surface area contributed by atoms with Gasteiger partial charge in [-0.2, -0.15) is 28.6 Å². The Morgan fingerprint density at radius 1 is 0.759 bits per heavy atom. The maximum absolute atomic E-state index is 10.4. The van der Waals surface area contributed by atoms with E-state index >= 15 is 0 Å². The van der Waals surface area contributed by atoms with Crippen LogP contribution in [0.4, 0.5) is 11.6 Å². The molecule has 5 aromatic heterocycles. The highest BCUT2D eigenvalue weighted by Gasteiger charge is 2.45. The van der Waals surface area contributed by atoms with E-state index < -0.39 is 49.1 Å². The highest BCUT2D eigenvalue weighted by molar-refractivity contribution is 7.99. The third-order valence-electron chi connectivity index (χ3n) is 8.55. The van der Waals surface area contributed by atoms with E-state index in [9.17, 15) is 20.4 Å². The minimum absolute atomic E-state index is 0. The predicted molar refractivity (Wildman–Crippen MR) is 222 cm³/mol. The monoisotopic (exact) mass is 868 g/mol. The van der Waals surface area contributed by atoms with E-state index in [1.807, 2.05) is 0 Å². The summed E-state index contributed by atoms with van der Waals surface area (Å²) in [5.74, 6) is 3.33. The molecular weight excluding hydrogens is 820 g/mol. The number of guanidine groups is 1. The normalized spacial score (nSPS) is 23.7. The SMILES string of the molecule is Cl.N=C(N)n1cccn1.NC(N)=NCCCSC[C@H]1O[C@@H](n2cnc3c(N)ncnc32)[C@H](O)[C@@H]1O.NCCCSC[C@H]1O[C@@H](n2cnc3c(N)ncnc32)[C@H](O)[C@@H]1O. The summed E-state index contributed by atoms with van der Waals surface area (Å²) in [4.78, 5) is 28.3. The van der Waals surface area contributed by atoms with Crippen molar-refractivity contribution < 1.29 is 29.9 Å². The van der Waals surface area contributed by atoms with Gasteiger partial charge in [-0.1, -0.05) is 0 Å². The Bertz CT molecular complexity index is 2060. The van der Waals surface area contributed by atoms with Crippen LogP contribution in [0.1, 0.15) is 25.3 Å². The van der Waals surface area contributed by atoms with Gasteiger partial charge in [-0.3, -0.25) is 19.5 Å². The van der Waals surface area contributed by atoms with Gasteiger partial charge in [0.15, 0.2) is 41.3 Å². The van der Waals surface area contributed by atoms with Gasteiger partial charge in [0.1, 0.15) is 48.1 Å². The Balaban J connectivity index is 0.000000213. The van der Waals surface area contributed by atoms with Crippen LogP contribution in [0.3, 0.4) is 0 Å². The van der Waals surface area contributed by atoms with E-state index in [2.05, 4.69) is 40.0 Å². The van der Waals surface area contributed by atoms with Crippen molar-refractivity contribution in [3.8, 4) is 0 Å². The smallest absolute Gasteiger partial charge is 0.213 e. The molecule has 318 valence electrons. The second-order valence-corrected chi connectivity index (χ2v) is 14.8. The highest BCUT2D eigenvalue weighted by Crippen LogP contribution is 2.34. The van der Waals surface area contributed by atoms with E-state index in [0.717, 1.165) is 24.3 Å². The third kappa shape index (κ3) is 11.3. The molecule has 8 atom stereocenters. The average molecular weight is 869 g/mol. The van der Waals surface area contributed by atoms with Crippen LogP contribution in [0.15, 0.2) is 48.8 Å². The number of aliphatic hydroxyl groups is 4. The van der Waals surface area contributed by atoms with Gasteiger partial charge in [0.25, 0.3) is 0 Å². The lowest BCUT2D eigenvalue weighted by Crippen LogP contribution is -2.32. The Hall–Kier alpha value is -4.64. The molecule has 0 aliphatic carbocycles. The molecule has 27 heteroatoms. The first kappa shape index (κ1) is 46.1. The van der Waals surface area contributed by atoms with Gasteiger partial charge < -0.3 is 64.3 Å². The molecule has 2 aliphatic heterocycles. The highest BCUT2D eigenvalue weighted by atomic mass is 35.5. The van der Waals surface area contributed by atoms with Crippen LogP contribution >= 0.6 is 35.9 Å². The number of nitrogens with zero attached hydrogens (tertiary/aromatic N) is 11. The first-order chi connectivity index (χ1) is 27.4. The summed E-state index contributed by atoms with van der Waals surface area (Å²) in [5.41, 5.74) is 34.3. The van der Waals surface area contributed by atoms with Crippen LogP contribution in [0, 0.1) is 5.41 Å². The molecule has 58 heavy (non-hydrogen) atoms. The second-order valence-electron chi connectivity index (χ2n) is 12.5. The van der Waals surface area contributed by atoms with Gasteiger partial charge in [-0.25, -0.2) is 34.6 Å². The molecule has 7 heterocycles. The summed E-state index contributed by atoms with van der Waals surface area (Å²) < 4.78 is 16.1. The quantitative estimate of drug-likeness (QED) is 0.0333. The molecule has 2 aliphatic rings. The van der Waals surface area contributed by atoms with Crippen LogP contribution in [0.2, 0.25) is 0 Å². The third-order valence-corrected chi connectivity index (χ3v) is 10.8. The van der Waals surface area contributed by atoms with Crippen molar-refractivity contribution in [3.05, 3.63) is 43.8 Å². The fourth-order valence-electron chi connectivity index (χ4n) is 5.68. The number of nitrogens with two attached hydrogens (primary N) is 6. The largest absolute Gasteiger partial charge is 0.387 e. The first-order valence-electron chi connectivity index (χ1n) is 17.6. The van der Waals surface area contributed by atoms with Gasteiger partial charge in [0.05, 0.1) is 24.9 Å². The van der Waals surface area contributed by atoms with Crippen LogP contribution < -0.4 is 34.4 Å². The van der Waals surface area contributed by atoms with Gasteiger partial charge in [-0.15, -0.1) is 12.4 Å². The fraction of sp³-hybridized carbons (Fsp3) is 0.516. The summed E-state index contributed by atoms with van der Waals surface area (Å²) in [5, 5.41) is 51.7. The minimum Gasteiger partial charge on any atom is -0.387 e. The molecule has 5 aromatic rings. The number of nitrogens with one attached hydrogen (secondary N) is 1. The minimum atomic E-state index is -1.10. The van der Waals surface area contributed by atoms with Crippen molar-refractivity contribution in [3.63, 3.8) is 0 Å². The number of nitrogen functional groups attached to an aromatic ring is 3. The van der Waals surface area contributed by atoms with Gasteiger partial charge in [-0.05, 0) is 37.0 Å². The number of hydrogen-bond acceptors (Lipinski definition) is 20. The Morgan fingerprint density at radius 3 is 1.67 bits per heavy atom. The lowest BCUT2D eigenvalue weighted by atomic mass is 10.1. The number of thioether (sulfide) groups is 2. The number of imidazole rings is 2. The standard InChI is InChI=1S/C14H22N8O3S.C13H20N6O3S.C4H6N4.ClH/c15-11-8-12(20-5-19-11)22(6-21-8)13-10(24)9(23)7(25-13)4-26-3-1-2-18-14(16)17;14-2-1-3-23-4-7-9(20)10(21)13(22-7)19-6-18-8-11(15)16-5-17-12(8)19;5-4(6)8-3-1-2-7-8;/h5-7,9-10,13,23-24H,1-4H2,(H2,15,19,20)(H4,16,17,18);5-7,9-10,13,20-21H,1-4,14H2,(H2,15,16,17);1-3H,(H3,5,6);1H/t2*7-,9-,10-,13-;;/m11../s1. The van der Waals surface area contributed by atoms with Gasteiger partial charge >= 0.3 is 0 Å². The van der Waals surface area contributed by atoms with E-state index in [0.29, 0.717) is 46.9 Å². The van der Waals surface area contributed by atoms with Gasteiger partial charge in [0, 0.05) is 30.4 Å². The number of aliphatic imine (C=N–C) groups is 1. The van der Waals surface area contributed by atoms with E-state index in [1.54, 1.807) is 51.1 Å². The molecule has 0 unspecified atom stereocenters. The molecule has 0 radical (unpaired) electrons. The Labute approximate surface area is 346 Å². The van der Waals surface area contributed by atoms with E-state index in [4.69, 9.17) is 49.3 Å². The lowest BCUT2D eigenvalue weighted by Gasteiger charge is -2.16. The molecule has 7 rings (SSSR count). The molecule has 0 aromatic carbocycles. The number of anilines is 2. The summed E-state index contributed by atoms with van der Waals surface area (Å²) >= 11 is 3.24. The summed E-state index contributed by atoms with van der Waals surface area (Å²) in [7, 11) is 0. The molecule has 17 N–H and O–H groups in total. The second kappa shape index (κ2) is 21.9. The number of fused-ring (bicyclic) bond motifs is 2. The maximum Gasteiger partial charge on any atom is 0.213 e. The number of rotatable bonds is 13. The zero-order valence-corrected chi connectivity index (χ0v) is 33.5. The van der Waals surface area contributed by atoms with Crippen molar-refractivity contribution in [2.45, 2.75) is 61.9 Å². The van der Waals surface area contributed by atoms with E-state index in [1.165, 1.54) is 30.0 Å². The maximum atomic E-state index is 10.4. The van der Waals surface area contributed by atoms with Crippen molar-refractivity contribution in [1.82, 2.24) is 48.8 Å². The van der Waals surface area contributed by atoms with Crippen molar-refractivity contribution in [2.24, 2.45) is 27.9 Å². The van der Waals surface area contributed by atoms with Crippen molar-refractivity contribution in [2.75, 3.05) is 47.6 Å². The van der Waals surface area contributed by atoms with Crippen molar-refractivity contribution in [1.29, 1.82) is 5.41 Å². The molecule has 2 saturated heterocycles. The molecular formula is C31H49ClN18O6S2. The van der Waals surface area contributed by atoms with Crippen molar-refractivity contribution >= 4 is 81.8 Å². The van der Waals surface area contributed by atoms with E-state index in [-0.39, 0.29) is 36.0 Å². The fourth-order valence-corrected chi connectivity index (χ4v) is 7.73. The molecule has 2 fully saturated rings. The lowest BCUT2D eigenvalue weighted by molar-refractivity contribution is -0.0289. The molecule has 0 saturated carbocycles. The number of aromatic nitrogens is 10. The summed E-state index contributed by atoms with van der Waals surface area (Å²) in [6.07, 6.45) is 3.82. The van der Waals surface area contributed by atoms with Crippen LogP contribution in [-0.2, 0) is 9.47 Å². The number of halogens is 1. The average Bonchev–Trinajstić information content (AvgIpc) is 4.04. The van der Waals surface area contributed by atoms with Crippen LogP contribution in [0.25, 0.3) is 22.3 Å². The zero-order chi connectivity index (χ0) is 41.1. The predicted octanol–water partition coefficient (Wildman–Crippen LogP) is -2.42. The zero-order valence-electron chi connectivity index (χ0n) is 31.0. The molecule has 0 amide bonds. The van der Waals surface area contributed by atoms with Crippen LogP contribution in [-0.4, -0.2) is 154 Å². The number of ether oxygens (including phenoxy) is 2. The Kier molecular flexibility index (Phi) is 17.4. The number of aliphatic hydroxyl groups excluding tert-OH is 4. The Morgan fingerprint density at radius 2 is 1.26 bits per heavy atom. The topological polar surface area (TPSA) is 397 Å². The van der Waals surface area contributed by atoms with Gasteiger partial charge in [0.2, 0.25) is 5.96 Å². The molecule has 0 bridgehead atoms. The number of hydrogen-bond donors (Lipinski definition) is 11.